The van der Waals surface area contributed by atoms with Crippen LogP contribution in [0.2, 0.25) is 0 Å². The lowest BCUT2D eigenvalue weighted by molar-refractivity contribution is -0.114. The van der Waals surface area contributed by atoms with E-state index in [-0.39, 0.29) is 5.57 Å². The van der Waals surface area contributed by atoms with Gasteiger partial charge < -0.3 is 5.73 Å². The van der Waals surface area contributed by atoms with Gasteiger partial charge in [0.15, 0.2) is 0 Å². The second kappa shape index (κ2) is 3.30. The Morgan fingerprint density at radius 1 is 1.50 bits per heavy atom. The van der Waals surface area contributed by atoms with Crippen LogP contribution in [0.3, 0.4) is 0 Å². The average molecular weight is 188 g/mol. The van der Waals surface area contributed by atoms with E-state index in [1.807, 2.05) is 6.07 Å². The van der Waals surface area contributed by atoms with Gasteiger partial charge in [0.05, 0.1) is 0 Å². The molecule has 2 aliphatic rings. The van der Waals surface area contributed by atoms with Crippen LogP contribution in [0.15, 0.2) is 23.8 Å². The maximum atomic E-state index is 10.8. The summed E-state index contributed by atoms with van der Waals surface area (Å²) in [4.78, 5) is 10.8. The van der Waals surface area contributed by atoms with Gasteiger partial charge in [0, 0.05) is 0 Å². The molecule has 0 unspecified atom stereocenters. The van der Waals surface area contributed by atoms with Crippen LogP contribution in [0, 0.1) is 29.1 Å². The number of carbonyl (C=O) groups excluding carboxylic acids is 1. The summed E-state index contributed by atoms with van der Waals surface area (Å²) in [5.74, 6) is 0.892. The van der Waals surface area contributed by atoms with Crippen molar-refractivity contribution in [3.8, 4) is 6.07 Å². The Balaban J connectivity index is 2.15. The predicted molar refractivity (Wildman–Crippen MR) is 51.7 cm³/mol. The first-order chi connectivity index (χ1) is 6.70. The molecule has 0 aliphatic heterocycles. The SMILES string of the molecule is N#C/C(=C/[C@H]1C[C@H]2C=C[C@H]1C2)C(N)=O. The first kappa shape index (κ1) is 9.01. The fourth-order valence-electron chi connectivity index (χ4n) is 2.40. The summed E-state index contributed by atoms with van der Waals surface area (Å²) in [6.07, 6.45) is 8.38. The second-order valence-electron chi connectivity index (χ2n) is 4.00. The second-order valence-corrected chi connectivity index (χ2v) is 4.00. The summed E-state index contributed by atoms with van der Waals surface area (Å²) in [5, 5.41) is 8.69. The molecule has 0 heterocycles. The lowest BCUT2D eigenvalue weighted by Gasteiger charge is -2.13. The van der Waals surface area contributed by atoms with E-state index < -0.39 is 5.91 Å². The van der Waals surface area contributed by atoms with Crippen molar-refractivity contribution in [3.05, 3.63) is 23.8 Å². The third-order valence-corrected chi connectivity index (χ3v) is 3.10. The first-order valence-electron chi connectivity index (χ1n) is 4.80. The van der Waals surface area contributed by atoms with Gasteiger partial charge in [-0.25, -0.2) is 0 Å². The molecule has 0 spiro atoms. The monoisotopic (exact) mass is 188 g/mol. The van der Waals surface area contributed by atoms with E-state index in [9.17, 15) is 4.79 Å². The normalized spacial score (nSPS) is 34.5. The highest BCUT2D eigenvalue weighted by Crippen LogP contribution is 2.44. The molecule has 1 saturated carbocycles. The zero-order chi connectivity index (χ0) is 10.1. The highest BCUT2D eigenvalue weighted by atomic mass is 16.1. The standard InChI is InChI=1S/C11H12N2O/c12-6-10(11(13)14)5-9-4-7-1-2-8(9)3-7/h1-2,5,7-9H,3-4H2,(H2,13,14)/b10-5-/t7-,8-,9+/m0/s1. The van der Waals surface area contributed by atoms with Gasteiger partial charge in [-0.1, -0.05) is 18.2 Å². The minimum atomic E-state index is -0.612. The van der Waals surface area contributed by atoms with E-state index in [0.717, 1.165) is 6.42 Å². The van der Waals surface area contributed by atoms with Gasteiger partial charge in [0.25, 0.3) is 5.91 Å². The Bertz CT molecular complexity index is 362. The molecule has 0 aromatic carbocycles. The smallest absolute Gasteiger partial charge is 0.259 e. The Labute approximate surface area is 82.9 Å². The molecule has 2 rings (SSSR count). The molecular weight excluding hydrogens is 176 g/mol. The number of nitriles is 1. The Kier molecular flexibility index (Phi) is 2.12. The third kappa shape index (κ3) is 1.44. The van der Waals surface area contributed by atoms with E-state index in [1.165, 1.54) is 6.42 Å². The van der Waals surface area contributed by atoms with E-state index in [4.69, 9.17) is 11.0 Å². The van der Waals surface area contributed by atoms with Crippen molar-refractivity contribution in [2.75, 3.05) is 0 Å². The van der Waals surface area contributed by atoms with Crippen LogP contribution >= 0.6 is 0 Å². The molecule has 1 amide bonds. The number of hydrogen-bond acceptors (Lipinski definition) is 2. The maximum absolute atomic E-state index is 10.8. The van der Waals surface area contributed by atoms with Crippen molar-refractivity contribution < 1.29 is 4.79 Å². The Hall–Kier alpha value is -1.56. The van der Waals surface area contributed by atoms with Gasteiger partial charge in [-0.3, -0.25) is 4.79 Å². The van der Waals surface area contributed by atoms with Gasteiger partial charge >= 0.3 is 0 Å². The molecule has 3 nitrogen and oxygen atoms in total. The highest BCUT2D eigenvalue weighted by molar-refractivity contribution is 5.95. The zero-order valence-corrected chi connectivity index (χ0v) is 7.81. The molecule has 0 saturated heterocycles. The summed E-state index contributed by atoms with van der Waals surface area (Å²) in [6, 6.07) is 1.85. The summed E-state index contributed by atoms with van der Waals surface area (Å²) in [7, 11) is 0. The fourth-order valence-corrected chi connectivity index (χ4v) is 2.40. The molecule has 1 fully saturated rings. The van der Waals surface area contributed by atoms with E-state index >= 15 is 0 Å². The zero-order valence-electron chi connectivity index (χ0n) is 7.81. The molecule has 0 radical (unpaired) electrons. The summed E-state index contributed by atoms with van der Waals surface area (Å²) in [5.41, 5.74) is 5.18. The quantitative estimate of drug-likeness (QED) is 0.401. The number of primary amides is 1. The molecule has 2 bridgehead atoms. The lowest BCUT2D eigenvalue weighted by Crippen LogP contribution is -2.15. The van der Waals surface area contributed by atoms with Gasteiger partial charge in [0.2, 0.25) is 0 Å². The minimum Gasteiger partial charge on any atom is -0.365 e. The highest BCUT2D eigenvalue weighted by Gasteiger charge is 2.34. The van der Waals surface area contributed by atoms with Crippen LogP contribution in [-0.2, 0) is 4.79 Å². The van der Waals surface area contributed by atoms with Crippen molar-refractivity contribution in [2.24, 2.45) is 23.5 Å². The van der Waals surface area contributed by atoms with Gasteiger partial charge in [-0.2, -0.15) is 5.26 Å². The number of amides is 1. The Morgan fingerprint density at radius 3 is 2.71 bits per heavy atom. The van der Waals surface area contributed by atoms with Gasteiger partial charge in [0.1, 0.15) is 11.6 Å². The topological polar surface area (TPSA) is 66.9 Å². The number of rotatable bonds is 2. The summed E-state index contributed by atoms with van der Waals surface area (Å²) >= 11 is 0. The van der Waals surface area contributed by atoms with Gasteiger partial charge in [-0.15, -0.1) is 0 Å². The van der Waals surface area contributed by atoms with Crippen LogP contribution in [-0.4, -0.2) is 5.91 Å². The van der Waals surface area contributed by atoms with Crippen molar-refractivity contribution in [2.45, 2.75) is 12.8 Å². The summed E-state index contributed by atoms with van der Waals surface area (Å²) < 4.78 is 0. The van der Waals surface area contributed by atoms with Crippen LogP contribution in [0.5, 0.6) is 0 Å². The molecule has 0 aromatic heterocycles. The molecule has 0 aromatic rings. The number of fused-ring (bicyclic) bond motifs is 2. The average Bonchev–Trinajstić information content (AvgIpc) is 2.74. The fraction of sp³-hybridized carbons (Fsp3) is 0.455. The van der Waals surface area contributed by atoms with E-state index in [2.05, 4.69) is 12.2 Å². The maximum Gasteiger partial charge on any atom is 0.259 e. The van der Waals surface area contributed by atoms with Crippen molar-refractivity contribution in [3.63, 3.8) is 0 Å². The van der Waals surface area contributed by atoms with E-state index in [1.54, 1.807) is 6.08 Å². The lowest BCUT2D eigenvalue weighted by atomic mass is 9.91. The van der Waals surface area contributed by atoms with E-state index in [0.29, 0.717) is 17.8 Å². The van der Waals surface area contributed by atoms with Crippen LogP contribution in [0.4, 0.5) is 0 Å². The summed E-state index contributed by atoms with van der Waals surface area (Å²) in [6.45, 7) is 0. The number of nitrogens with zero attached hydrogens (tertiary/aromatic N) is 1. The number of carbonyl (C=O) groups is 1. The molecule has 3 atom stereocenters. The molecule has 14 heavy (non-hydrogen) atoms. The van der Waals surface area contributed by atoms with Crippen LogP contribution in [0.25, 0.3) is 0 Å². The van der Waals surface area contributed by atoms with Crippen molar-refractivity contribution >= 4 is 5.91 Å². The largest absolute Gasteiger partial charge is 0.365 e. The Morgan fingerprint density at radius 2 is 2.29 bits per heavy atom. The van der Waals surface area contributed by atoms with Gasteiger partial charge in [-0.05, 0) is 30.6 Å². The number of hydrogen-bond donors (Lipinski definition) is 1. The minimum absolute atomic E-state index is 0.107. The molecule has 2 N–H and O–H groups in total. The molecule has 3 heteroatoms. The van der Waals surface area contributed by atoms with Crippen LogP contribution in [0.1, 0.15) is 12.8 Å². The van der Waals surface area contributed by atoms with Crippen LogP contribution < -0.4 is 5.73 Å². The molecule has 72 valence electrons. The number of nitrogens with two attached hydrogens (primary N) is 1. The van der Waals surface area contributed by atoms with Crippen molar-refractivity contribution in [1.82, 2.24) is 0 Å². The molecule has 2 aliphatic carbocycles. The number of allylic oxidation sites excluding steroid dienone is 3. The first-order valence-corrected chi connectivity index (χ1v) is 4.80. The predicted octanol–water partition coefficient (Wildman–Crippen LogP) is 1.13. The third-order valence-electron chi connectivity index (χ3n) is 3.10. The molecular formula is C11H12N2O. The van der Waals surface area contributed by atoms with Crippen molar-refractivity contribution in [1.29, 1.82) is 5.26 Å².